The van der Waals surface area contributed by atoms with Gasteiger partial charge in [-0.3, -0.25) is 14.5 Å². The van der Waals surface area contributed by atoms with Gasteiger partial charge in [-0.15, -0.1) is 0 Å². The highest BCUT2D eigenvalue weighted by atomic mass is 19.1. The van der Waals surface area contributed by atoms with Crippen LogP contribution in [0.1, 0.15) is 22.2 Å². The van der Waals surface area contributed by atoms with Crippen molar-refractivity contribution in [2.45, 2.75) is 6.04 Å². The van der Waals surface area contributed by atoms with Crippen molar-refractivity contribution >= 4 is 28.3 Å². The predicted octanol–water partition coefficient (Wildman–Crippen LogP) is 5.36. The van der Waals surface area contributed by atoms with Crippen LogP contribution in [0.15, 0.2) is 94.6 Å². The Morgan fingerprint density at radius 1 is 1.03 bits per heavy atom. The number of anilines is 1. The summed E-state index contributed by atoms with van der Waals surface area (Å²) < 4.78 is 25.9. The molecule has 0 spiro atoms. The van der Waals surface area contributed by atoms with Crippen molar-refractivity contribution in [2.24, 2.45) is 0 Å². The number of Topliss-reactive ketones (excluding diaryl/α,β-unsaturated/α-hetero) is 1. The highest BCUT2D eigenvalue weighted by Crippen LogP contribution is 2.43. The number of fused-ring (bicyclic) bond motifs is 1. The van der Waals surface area contributed by atoms with Gasteiger partial charge in [0.15, 0.2) is 11.5 Å². The molecule has 1 unspecified atom stereocenters. The van der Waals surface area contributed by atoms with Crippen molar-refractivity contribution in [2.75, 3.05) is 12.0 Å². The van der Waals surface area contributed by atoms with E-state index >= 15 is 0 Å². The van der Waals surface area contributed by atoms with Crippen LogP contribution in [-0.2, 0) is 4.79 Å². The topological polar surface area (TPSA) is 80.0 Å². The quantitative estimate of drug-likeness (QED) is 0.420. The van der Waals surface area contributed by atoms with Gasteiger partial charge in [-0.05, 0) is 30.3 Å². The molecule has 1 aliphatic heterocycles. The Morgan fingerprint density at radius 2 is 1.79 bits per heavy atom. The van der Waals surface area contributed by atoms with Crippen molar-refractivity contribution < 1.29 is 28.2 Å². The van der Waals surface area contributed by atoms with E-state index in [0.717, 1.165) is 0 Å². The van der Waals surface area contributed by atoms with E-state index in [-0.39, 0.29) is 16.9 Å². The van der Waals surface area contributed by atoms with Crippen LogP contribution in [0.5, 0.6) is 5.75 Å². The van der Waals surface area contributed by atoms with Crippen LogP contribution in [0.25, 0.3) is 11.0 Å². The van der Waals surface area contributed by atoms with Gasteiger partial charge in [0.25, 0.3) is 5.91 Å². The number of benzene rings is 3. The molecule has 0 fully saturated rings. The number of ether oxygens (including phenoxy) is 1. The summed E-state index contributed by atoms with van der Waals surface area (Å²) in [6, 6.07) is 19.8. The smallest absolute Gasteiger partial charge is 0.294 e. The summed E-state index contributed by atoms with van der Waals surface area (Å²) in [5.41, 5.74) is 0.632. The zero-order chi connectivity index (χ0) is 23.1. The molecule has 4 aromatic rings. The predicted molar refractivity (Wildman–Crippen MR) is 120 cm³/mol. The van der Waals surface area contributed by atoms with Crippen molar-refractivity contribution in [3.8, 4) is 5.75 Å². The van der Waals surface area contributed by atoms with E-state index in [0.29, 0.717) is 22.4 Å². The number of furan rings is 1. The van der Waals surface area contributed by atoms with Crippen LogP contribution in [0.4, 0.5) is 10.1 Å². The van der Waals surface area contributed by atoms with E-state index in [1.165, 1.54) is 36.3 Å². The van der Waals surface area contributed by atoms with Crippen LogP contribution >= 0.6 is 0 Å². The lowest BCUT2D eigenvalue weighted by atomic mass is 9.94. The number of aliphatic hydroxyl groups is 1. The molecule has 1 amide bonds. The van der Waals surface area contributed by atoms with Gasteiger partial charge in [-0.25, -0.2) is 4.39 Å². The van der Waals surface area contributed by atoms with E-state index in [1.807, 2.05) is 0 Å². The molecule has 1 N–H and O–H groups in total. The average molecular weight is 443 g/mol. The number of carbonyl (C=O) groups excluding carboxylic acids is 2. The van der Waals surface area contributed by atoms with Crippen molar-refractivity contribution in [1.29, 1.82) is 0 Å². The Balaban J connectivity index is 1.68. The second kappa shape index (κ2) is 7.94. The van der Waals surface area contributed by atoms with Gasteiger partial charge >= 0.3 is 0 Å². The average Bonchev–Trinajstić information content (AvgIpc) is 3.38. The van der Waals surface area contributed by atoms with E-state index in [4.69, 9.17) is 9.15 Å². The molecule has 0 bridgehead atoms. The van der Waals surface area contributed by atoms with E-state index in [2.05, 4.69) is 0 Å². The molecule has 0 radical (unpaired) electrons. The Hall–Kier alpha value is -4.39. The minimum Gasteiger partial charge on any atom is -0.503 e. The highest BCUT2D eigenvalue weighted by molar-refractivity contribution is 6.20. The van der Waals surface area contributed by atoms with Crippen molar-refractivity contribution in [1.82, 2.24) is 0 Å². The summed E-state index contributed by atoms with van der Waals surface area (Å²) >= 11 is 0. The standard InChI is InChI=1S/C26H18FNO5/c1-32-17-9-6-8-16(14-17)28-23(18-10-3-4-11-19(18)27)22(25(30)26(28)31)24(29)21-13-15-7-2-5-12-20(15)33-21/h2-14,23,30H,1H3. The summed E-state index contributed by atoms with van der Waals surface area (Å²) in [6.45, 7) is 0. The first-order valence-electron chi connectivity index (χ1n) is 10.2. The second-order valence-electron chi connectivity index (χ2n) is 7.54. The Morgan fingerprint density at radius 3 is 2.55 bits per heavy atom. The second-order valence-corrected chi connectivity index (χ2v) is 7.54. The molecule has 6 nitrogen and oxygen atoms in total. The number of halogens is 1. The van der Waals surface area contributed by atoms with Crippen LogP contribution < -0.4 is 9.64 Å². The molecule has 0 saturated heterocycles. The van der Waals surface area contributed by atoms with E-state index in [1.54, 1.807) is 54.6 Å². The number of rotatable bonds is 5. The highest BCUT2D eigenvalue weighted by Gasteiger charge is 2.46. The first kappa shape index (κ1) is 20.5. The lowest BCUT2D eigenvalue weighted by molar-refractivity contribution is -0.117. The van der Waals surface area contributed by atoms with Gasteiger partial charge in [-0.2, -0.15) is 0 Å². The molecule has 7 heteroatoms. The molecule has 0 aliphatic carbocycles. The van der Waals surface area contributed by atoms with Gasteiger partial charge in [0.2, 0.25) is 5.78 Å². The largest absolute Gasteiger partial charge is 0.503 e. The molecule has 164 valence electrons. The molecule has 1 aromatic heterocycles. The fraction of sp³-hybridized carbons (Fsp3) is 0.0769. The number of methoxy groups -OCH3 is 1. The number of nitrogens with zero attached hydrogens (tertiary/aromatic N) is 1. The number of ketones is 1. The Labute approximate surface area is 188 Å². The van der Waals surface area contributed by atoms with Gasteiger partial charge in [-0.1, -0.05) is 42.5 Å². The fourth-order valence-electron chi connectivity index (χ4n) is 4.08. The summed E-state index contributed by atoms with van der Waals surface area (Å²) in [4.78, 5) is 27.9. The number of carbonyl (C=O) groups is 2. The summed E-state index contributed by atoms with van der Waals surface area (Å²) in [5, 5.41) is 11.5. The molecule has 33 heavy (non-hydrogen) atoms. The van der Waals surface area contributed by atoms with Gasteiger partial charge in [0.1, 0.15) is 17.1 Å². The third-order valence-corrected chi connectivity index (χ3v) is 5.63. The Bertz CT molecular complexity index is 1400. The number of aliphatic hydroxyl groups excluding tert-OH is 1. The van der Waals surface area contributed by atoms with E-state index in [9.17, 15) is 19.1 Å². The van der Waals surface area contributed by atoms with Crippen LogP contribution in [-0.4, -0.2) is 23.9 Å². The van der Waals surface area contributed by atoms with Crippen LogP contribution in [0, 0.1) is 5.82 Å². The third-order valence-electron chi connectivity index (χ3n) is 5.63. The SMILES string of the molecule is COc1cccc(N2C(=O)C(O)=C(C(=O)c3cc4ccccc4o3)C2c2ccccc2F)c1. The first-order chi connectivity index (χ1) is 16.0. The molecule has 1 atom stereocenters. The van der Waals surface area contributed by atoms with Gasteiger partial charge < -0.3 is 14.3 Å². The maximum Gasteiger partial charge on any atom is 0.294 e. The number of hydrogen-bond acceptors (Lipinski definition) is 5. The summed E-state index contributed by atoms with van der Waals surface area (Å²) in [5.74, 6) is -2.49. The minimum absolute atomic E-state index is 0.0561. The fourth-order valence-corrected chi connectivity index (χ4v) is 4.08. The maximum atomic E-state index is 14.9. The lowest BCUT2D eigenvalue weighted by Crippen LogP contribution is -2.31. The number of hydrogen-bond donors (Lipinski definition) is 1. The Kier molecular flexibility index (Phi) is 4.94. The third kappa shape index (κ3) is 3.34. The summed E-state index contributed by atoms with van der Waals surface area (Å²) in [7, 11) is 1.48. The molecule has 0 saturated carbocycles. The van der Waals surface area contributed by atoms with Crippen LogP contribution in [0.3, 0.4) is 0 Å². The lowest BCUT2D eigenvalue weighted by Gasteiger charge is -2.27. The molecule has 1 aliphatic rings. The van der Waals surface area contributed by atoms with Crippen molar-refractivity contribution in [3.63, 3.8) is 0 Å². The van der Waals surface area contributed by atoms with Crippen LogP contribution in [0.2, 0.25) is 0 Å². The molecule has 3 aromatic carbocycles. The first-order valence-corrected chi connectivity index (χ1v) is 10.2. The maximum absolute atomic E-state index is 14.9. The van der Waals surface area contributed by atoms with Crippen molar-refractivity contribution in [3.05, 3.63) is 107 Å². The number of amides is 1. The zero-order valence-electron chi connectivity index (χ0n) is 17.5. The molecule has 2 heterocycles. The monoisotopic (exact) mass is 443 g/mol. The minimum atomic E-state index is -1.20. The number of para-hydroxylation sites is 1. The zero-order valence-corrected chi connectivity index (χ0v) is 17.5. The van der Waals surface area contributed by atoms with E-state index < -0.39 is 29.3 Å². The van der Waals surface area contributed by atoms with Gasteiger partial charge in [0, 0.05) is 22.7 Å². The molecular formula is C26H18FNO5. The normalized spacial score (nSPS) is 16.0. The van der Waals surface area contributed by atoms with Gasteiger partial charge in [0.05, 0.1) is 18.7 Å². The molecule has 5 rings (SSSR count). The molecular weight excluding hydrogens is 425 g/mol. The summed E-state index contributed by atoms with van der Waals surface area (Å²) in [6.07, 6.45) is 0.